The van der Waals surface area contributed by atoms with E-state index in [0.717, 1.165) is 31.5 Å². The van der Waals surface area contributed by atoms with Gasteiger partial charge in [0.25, 0.3) is 0 Å². The number of nitrogens with zero attached hydrogens (tertiary/aromatic N) is 2. The largest absolute Gasteiger partial charge is 0.353 e. The highest BCUT2D eigenvalue weighted by Crippen LogP contribution is 2.37. The van der Waals surface area contributed by atoms with E-state index in [1.165, 1.54) is 55.7 Å². The van der Waals surface area contributed by atoms with E-state index in [9.17, 15) is 0 Å². The lowest BCUT2D eigenvalue weighted by molar-refractivity contribution is 0.696. The first-order chi connectivity index (χ1) is 10.3. The van der Waals surface area contributed by atoms with Crippen LogP contribution in [0.2, 0.25) is 0 Å². The molecule has 0 aliphatic heterocycles. The van der Waals surface area contributed by atoms with Crippen LogP contribution >= 0.6 is 0 Å². The topological polar surface area (TPSA) is 28.2 Å². The summed E-state index contributed by atoms with van der Waals surface area (Å²) in [7, 11) is 0. The van der Waals surface area contributed by atoms with Crippen LogP contribution in [0.4, 0.5) is 5.82 Å². The van der Waals surface area contributed by atoms with Crippen LogP contribution in [0.3, 0.4) is 0 Å². The van der Waals surface area contributed by atoms with Gasteiger partial charge in [-0.3, -0.25) is 0 Å². The maximum Gasteiger partial charge on any atom is 0.129 e. The summed E-state index contributed by atoms with van der Waals surface area (Å²) in [5.41, 5.74) is 2.66. The molecule has 0 bridgehead atoms. The molecule has 21 heavy (non-hydrogen) atoms. The molecule has 0 unspecified atom stereocenters. The van der Waals surface area contributed by atoms with Gasteiger partial charge in [-0.25, -0.2) is 4.98 Å². The average Bonchev–Trinajstić information content (AvgIpc) is 3.36. The minimum atomic E-state index is 0.766. The third kappa shape index (κ3) is 4.19. The Labute approximate surface area is 129 Å². The molecule has 2 aliphatic rings. The fourth-order valence-electron chi connectivity index (χ4n) is 2.93. The third-order valence-electron chi connectivity index (χ3n) is 4.44. The van der Waals surface area contributed by atoms with E-state index in [0.29, 0.717) is 0 Å². The number of aromatic nitrogens is 1. The lowest BCUT2D eigenvalue weighted by Gasteiger charge is -2.25. The normalized spacial score (nSPS) is 18.0. The number of aryl methyl sites for hydroxylation is 1. The second kappa shape index (κ2) is 6.78. The molecule has 3 rings (SSSR count). The van der Waals surface area contributed by atoms with Gasteiger partial charge in [-0.05, 0) is 62.3 Å². The van der Waals surface area contributed by atoms with Gasteiger partial charge in [-0.1, -0.05) is 20.3 Å². The molecule has 2 saturated carbocycles. The van der Waals surface area contributed by atoms with E-state index in [-0.39, 0.29) is 0 Å². The lowest BCUT2D eigenvalue weighted by Crippen LogP contribution is -2.29. The Kier molecular flexibility index (Phi) is 4.79. The second-order valence-corrected chi connectivity index (χ2v) is 6.68. The van der Waals surface area contributed by atoms with Crippen LogP contribution in [0.5, 0.6) is 0 Å². The van der Waals surface area contributed by atoms with E-state index in [2.05, 4.69) is 36.2 Å². The summed E-state index contributed by atoms with van der Waals surface area (Å²) in [6.07, 6.45) is 7.81. The van der Waals surface area contributed by atoms with Gasteiger partial charge in [-0.2, -0.15) is 0 Å². The summed E-state index contributed by atoms with van der Waals surface area (Å²) in [5, 5.41) is 3.45. The van der Waals surface area contributed by atoms with Crippen LogP contribution in [0.25, 0.3) is 0 Å². The third-order valence-corrected chi connectivity index (χ3v) is 4.44. The predicted molar refractivity (Wildman–Crippen MR) is 88.7 cm³/mol. The Morgan fingerprint density at radius 2 is 2.00 bits per heavy atom. The van der Waals surface area contributed by atoms with Crippen molar-refractivity contribution in [2.24, 2.45) is 5.92 Å². The number of pyridine rings is 1. The maximum absolute atomic E-state index is 4.97. The molecule has 116 valence electrons. The Hall–Kier alpha value is -1.09. The molecule has 0 aromatic carbocycles. The maximum atomic E-state index is 4.97. The molecule has 1 aromatic rings. The Balaban J connectivity index is 1.80. The molecule has 1 aromatic heterocycles. The van der Waals surface area contributed by atoms with Gasteiger partial charge in [0, 0.05) is 24.8 Å². The zero-order chi connectivity index (χ0) is 14.7. The first-order valence-electron chi connectivity index (χ1n) is 8.77. The molecular formula is C18H29N3. The molecule has 1 heterocycles. The van der Waals surface area contributed by atoms with Crippen molar-refractivity contribution >= 4 is 5.82 Å². The van der Waals surface area contributed by atoms with Crippen molar-refractivity contribution in [1.82, 2.24) is 10.3 Å². The fourth-order valence-corrected chi connectivity index (χ4v) is 2.93. The van der Waals surface area contributed by atoms with Crippen LogP contribution in [0.15, 0.2) is 12.1 Å². The van der Waals surface area contributed by atoms with Gasteiger partial charge in [0.1, 0.15) is 5.82 Å². The first kappa shape index (κ1) is 14.8. The lowest BCUT2D eigenvalue weighted by atomic mass is 10.1. The SMILES string of the molecule is CCCc1cc(CNCC)cc(N(CC2CC2)C2CC2)n1. The van der Waals surface area contributed by atoms with E-state index in [1.807, 2.05) is 0 Å². The van der Waals surface area contributed by atoms with E-state index in [1.54, 1.807) is 0 Å². The van der Waals surface area contributed by atoms with Crippen molar-refractivity contribution in [3.8, 4) is 0 Å². The van der Waals surface area contributed by atoms with Gasteiger partial charge in [-0.15, -0.1) is 0 Å². The number of hydrogen-bond donors (Lipinski definition) is 1. The van der Waals surface area contributed by atoms with Gasteiger partial charge < -0.3 is 10.2 Å². The summed E-state index contributed by atoms with van der Waals surface area (Å²) in [4.78, 5) is 7.58. The van der Waals surface area contributed by atoms with Crippen molar-refractivity contribution in [2.75, 3.05) is 18.0 Å². The molecule has 1 N–H and O–H groups in total. The molecule has 0 saturated heterocycles. The highest BCUT2D eigenvalue weighted by atomic mass is 15.2. The smallest absolute Gasteiger partial charge is 0.129 e. The summed E-state index contributed by atoms with van der Waals surface area (Å²) in [6, 6.07) is 5.38. The van der Waals surface area contributed by atoms with Crippen molar-refractivity contribution in [1.29, 1.82) is 0 Å². The zero-order valence-electron chi connectivity index (χ0n) is 13.6. The molecule has 3 heteroatoms. The van der Waals surface area contributed by atoms with Crippen LogP contribution < -0.4 is 10.2 Å². The van der Waals surface area contributed by atoms with E-state index >= 15 is 0 Å². The highest BCUT2D eigenvalue weighted by Gasteiger charge is 2.34. The summed E-state index contributed by atoms with van der Waals surface area (Å²) < 4.78 is 0. The molecule has 3 nitrogen and oxygen atoms in total. The number of rotatable bonds is 9. The number of nitrogens with one attached hydrogen (secondary N) is 1. The van der Waals surface area contributed by atoms with Gasteiger partial charge in [0.15, 0.2) is 0 Å². The molecular weight excluding hydrogens is 258 g/mol. The van der Waals surface area contributed by atoms with Gasteiger partial charge in [0.2, 0.25) is 0 Å². The summed E-state index contributed by atoms with van der Waals surface area (Å²) in [6.45, 7) is 7.62. The molecule has 2 fully saturated rings. The zero-order valence-corrected chi connectivity index (χ0v) is 13.6. The van der Waals surface area contributed by atoms with Crippen LogP contribution in [-0.2, 0) is 13.0 Å². The van der Waals surface area contributed by atoms with Crippen LogP contribution in [-0.4, -0.2) is 24.1 Å². The van der Waals surface area contributed by atoms with Crippen LogP contribution in [0.1, 0.15) is 57.2 Å². The molecule has 0 radical (unpaired) electrons. The Morgan fingerprint density at radius 1 is 1.19 bits per heavy atom. The molecule has 2 aliphatic carbocycles. The standard InChI is InChI=1S/C18H29N3/c1-3-5-16-10-15(12-19-4-2)11-18(20-16)21(17-8-9-17)13-14-6-7-14/h10-11,14,17,19H,3-9,12-13H2,1-2H3. The second-order valence-electron chi connectivity index (χ2n) is 6.68. The Morgan fingerprint density at radius 3 is 2.62 bits per heavy atom. The fraction of sp³-hybridized carbons (Fsp3) is 0.722. The monoisotopic (exact) mass is 287 g/mol. The van der Waals surface area contributed by atoms with Crippen molar-refractivity contribution in [2.45, 2.75) is 65.0 Å². The van der Waals surface area contributed by atoms with E-state index in [4.69, 9.17) is 4.98 Å². The predicted octanol–water partition coefficient (Wildman–Crippen LogP) is 3.52. The van der Waals surface area contributed by atoms with Gasteiger partial charge >= 0.3 is 0 Å². The summed E-state index contributed by atoms with van der Waals surface area (Å²) in [5.74, 6) is 2.17. The number of anilines is 1. The first-order valence-corrected chi connectivity index (χ1v) is 8.77. The van der Waals surface area contributed by atoms with Crippen molar-refractivity contribution in [3.05, 3.63) is 23.4 Å². The van der Waals surface area contributed by atoms with E-state index < -0.39 is 0 Å². The average molecular weight is 287 g/mol. The van der Waals surface area contributed by atoms with Crippen LogP contribution in [0, 0.1) is 5.92 Å². The highest BCUT2D eigenvalue weighted by molar-refractivity contribution is 5.45. The molecule has 0 amide bonds. The molecule has 0 atom stereocenters. The minimum Gasteiger partial charge on any atom is -0.353 e. The quantitative estimate of drug-likeness (QED) is 0.753. The summed E-state index contributed by atoms with van der Waals surface area (Å²) >= 11 is 0. The van der Waals surface area contributed by atoms with Crippen molar-refractivity contribution in [3.63, 3.8) is 0 Å². The minimum absolute atomic E-state index is 0.766. The van der Waals surface area contributed by atoms with Gasteiger partial charge in [0.05, 0.1) is 0 Å². The Bertz CT molecular complexity index is 464. The molecule has 0 spiro atoms. The van der Waals surface area contributed by atoms with Crippen molar-refractivity contribution < 1.29 is 0 Å². The number of hydrogen-bond acceptors (Lipinski definition) is 3.